The molecular weight excluding hydrogens is 386 g/mol. The van der Waals surface area contributed by atoms with Gasteiger partial charge in [-0.3, -0.25) is 4.79 Å². The Morgan fingerprint density at radius 2 is 1.97 bits per heavy atom. The maximum absolute atomic E-state index is 13.4. The normalized spacial score (nSPS) is 18.9. The standard InChI is InChI=1S/C21H23N5O4/c1-3-29-21(28)19-12-17(24-30-19)15-9-8-14(2)25(13-15)20(27)16-6-4-5-7-18(16)26-22-10-11-23-26/h4-7,10-12,14-15H,3,8-9,13H2,1-2H3/t14-,15?/m1/s1. The smallest absolute Gasteiger partial charge is 0.377 e. The molecule has 1 aliphatic rings. The highest BCUT2D eigenvalue weighted by Gasteiger charge is 2.33. The van der Waals surface area contributed by atoms with E-state index in [1.165, 1.54) is 4.80 Å². The zero-order valence-corrected chi connectivity index (χ0v) is 16.9. The Balaban J connectivity index is 1.56. The number of para-hydroxylation sites is 1. The zero-order valence-electron chi connectivity index (χ0n) is 16.9. The van der Waals surface area contributed by atoms with E-state index in [2.05, 4.69) is 15.4 Å². The summed E-state index contributed by atoms with van der Waals surface area (Å²) >= 11 is 0. The number of benzene rings is 1. The number of amides is 1. The molecule has 0 N–H and O–H groups in total. The number of likely N-dealkylation sites (tertiary alicyclic amines) is 1. The van der Waals surface area contributed by atoms with Gasteiger partial charge in [0.2, 0.25) is 5.76 Å². The van der Waals surface area contributed by atoms with E-state index < -0.39 is 5.97 Å². The van der Waals surface area contributed by atoms with Gasteiger partial charge in [0.15, 0.2) is 0 Å². The van der Waals surface area contributed by atoms with Crippen molar-refractivity contribution >= 4 is 11.9 Å². The second kappa shape index (κ2) is 8.48. The molecule has 9 heteroatoms. The largest absolute Gasteiger partial charge is 0.460 e. The van der Waals surface area contributed by atoms with Crippen LogP contribution >= 0.6 is 0 Å². The number of hydrogen-bond donors (Lipinski definition) is 0. The van der Waals surface area contributed by atoms with Gasteiger partial charge >= 0.3 is 5.97 Å². The lowest BCUT2D eigenvalue weighted by molar-refractivity contribution is 0.0479. The van der Waals surface area contributed by atoms with Gasteiger partial charge in [0.05, 0.1) is 35.9 Å². The third-order valence-electron chi connectivity index (χ3n) is 5.33. The Kier molecular flexibility index (Phi) is 5.60. The summed E-state index contributed by atoms with van der Waals surface area (Å²) in [6.45, 7) is 4.52. The van der Waals surface area contributed by atoms with Gasteiger partial charge < -0.3 is 14.2 Å². The Morgan fingerprint density at radius 1 is 1.20 bits per heavy atom. The van der Waals surface area contributed by atoms with Crippen LogP contribution in [0, 0.1) is 0 Å². The van der Waals surface area contributed by atoms with Crippen LogP contribution in [0.5, 0.6) is 0 Å². The van der Waals surface area contributed by atoms with Crippen LogP contribution in [0.25, 0.3) is 5.69 Å². The first-order chi connectivity index (χ1) is 14.6. The molecule has 1 fully saturated rings. The molecular formula is C21H23N5O4. The molecule has 1 aromatic carbocycles. The third-order valence-corrected chi connectivity index (χ3v) is 5.33. The van der Waals surface area contributed by atoms with Crippen molar-refractivity contribution in [2.75, 3.05) is 13.2 Å². The molecule has 4 rings (SSSR count). The van der Waals surface area contributed by atoms with Gasteiger partial charge in [0.25, 0.3) is 5.91 Å². The van der Waals surface area contributed by atoms with Gasteiger partial charge in [-0.15, -0.1) is 0 Å². The second-order valence-electron chi connectivity index (χ2n) is 7.25. The maximum atomic E-state index is 13.4. The molecule has 0 radical (unpaired) electrons. The second-order valence-corrected chi connectivity index (χ2v) is 7.25. The minimum atomic E-state index is -0.533. The molecule has 9 nitrogen and oxygen atoms in total. The molecule has 0 aliphatic carbocycles. The number of aromatic nitrogens is 4. The van der Waals surface area contributed by atoms with Crippen LogP contribution in [0.1, 0.15) is 59.2 Å². The van der Waals surface area contributed by atoms with E-state index in [4.69, 9.17) is 9.26 Å². The number of carbonyl (C=O) groups excluding carboxylic acids is 2. The molecule has 3 heterocycles. The number of ether oxygens (including phenoxy) is 1. The Morgan fingerprint density at radius 3 is 2.73 bits per heavy atom. The molecule has 0 saturated carbocycles. The third kappa shape index (κ3) is 3.83. The Labute approximate surface area is 173 Å². The average Bonchev–Trinajstić information content (AvgIpc) is 3.46. The molecule has 1 amide bonds. The molecule has 2 aromatic heterocycles. The molecule has 1 aliphatic heterocycles. The van der Waals surface area contributed by atoms with Crippen LogP contribution < -0.4 is 0 Å². The summed E-state index contributed by atoms with van der Waals surface area (Å²) in [7, 11) is 0. The molecule has 30 heavy (non-hydrogen) atoms. The minimum Gasteiger partial charge on any atom is -0.460 e. The molecule has 1 saturated heterocycles. The first kappa shape index (κ1) is 19.8. The van der Waals surface area contributed by atoms with Crippen molar-refractivity contribution in [1.29, 1.82) is 0 Å². The lowest BCUT2D eigenvalue weighted by Gasteiger charge is -2.37. The van der Waals surface area contributed by atoms with Crippen molar-refractivity contribution in [3.05, 3.63) is 59.7 Å². The van der Waals surface area contributed by atoms with Gasteiger partial charge in [-0.25, -0.2) is 4.79 Å². The monoisotopic (exact) mass is 409 g/mol. The van der Waals surface area contributed by atoms with E-state index in [-0.39, 0.29) is 30.2 Å². The van der Waals surface area contributed by atoms with Crippen molar-refractivity contribution in [3.8, 4) is 5.69 Å². The summed E-state index contributed by atoms with van der Waals surface area (Å²) in [5.74, 6) is -0.561. The first-order valence-corrected chi connectivity index (χ1v) is 9.99. The summed E-state index contributed by atoms with van der Waals surface area (Å²) in [4.78, 5) is 28.6. The fourth-order valence-electron chi connectivity index (χ4n) is 3.73. The maximum Gasteiger partial charge on any atom is 0.377 e. The molecule has 0 bridgehead atoms. The molecule has 3 aromatic rings. The van der Waals surface area contributed by atoms with Crippen LogP contribution in [0.15, 0.2) is 47.2 Å². The van der Waals surface area contributed by atoms with Crippen molar-refractivity contribution < 1.29 is 18.8 Å². The van der Waals surface area contributed by atoms with Crippen LogP contribution in [-0.2, 0) is 4.74 Å². The fraction of sp³-hybridized carbons (Fsp3) is 0.381. The molecule has 1 unspecified atom stereocenters. The quantitative estimate of drug-likeness (QED) is 0.597. The van der Waals surface area contributed by atoms with Gasteiger partial charge in [0, 0.05) is 24.6 Å². The molecule has 2 atom stereocenters. The predicted octanol–water partition coefficient (Wildman–Crippen LogP) is 2.84. The van der Waals surface area contributed by atoms with Gasteiger partial charge in [-0.1, -0.05) is 17.3 Å². The van der Waals surface area contributed by atoms with E-state index in [9.17, 15) is 9.59 Å². The van der Waals surface area contributed by atoms with Crippen LogP contribution in [0.2, 0.25) is 0 Å². The molecule has 156 valence electrons. The summed E-state index contributed by atoms with van der Waals surface area (Å²) in [5, 5.41) is 12.4. The van der Waals surface area contributed by atoms with Crippen molar-refractivity contribution in [1.82, 2.24) is 25.1 Å². The van der Waals surface area contributed by atoms with E-state index in [0.29, 0.717) is 23.5 Å². The van der Waals surface area contributed by atoms with Crippen LogP contribution in [0.4, 0.5) is 0 Å². The average molecular weight is 409 g/mol. The number of piperidine rings is 1. The Hall–Kier alpha value is -3.49. The zero-order chi connectivity index (χ0) is 21.1. The van der Waals surface area contributed by atoms with E-state index in [1.807, 2.05) is 30.0 Å². The van der Waals surface area contributed by atoms with Gasteiger partial charge in [-0.2, -0.15) is 15.0 Å². The lowest BCUT2D eigenvalue weighted by atomic mass is 9.90. The van der Waals surface area contributed by atoms with Crippen molar-refractivity contribution in [3.63, 3.8) is 0 Å². The van der Waals surface area contributed by atoms with Crippen LogP contribution in [0.3, 0.4) is 0 Å². The first-order valence-electron chi connectivity index (χ1n) is 9.99. The number of carbonyl (C=O) groups is 2. The molecule has 0 spiro atoms. The highest BCUT2D eigenvalue weighted by atomic mass is 16.6. The predicted molar refractivity (Wildman–Crippen MR) is 106 cm³/mol. The number of nitrogens with zero attached hydrogens (tertiary/aromatic N) is 5. The summed E-state index contributed by atoms with van der Waals surface area (Å²) < 4.78 is 10.1. The van der Waals surface area contributed by atoms with Gasteiger partial charge in [0.1, 0.15) is 0 Å². The Bertz CT molecular complexity index is 1030. The fourth-order valence-corrected chi connectivity index (χ4v) is 3.73. The van der Waals surface area contributed by atoms with Crippen molar-refractivity contribution in [2.24, 2.45) is 0 Å². The van der Waals surface area contributed by atoms with Crippen LogP contribution in [-0.4, -0.2) is 56.1 Å². The van der Waals surface area contributed by atoms with E-state index >= 15 is 0 Å². The summed E-state index contributed by atoms with van der Waals surface area (Å²) in [5.41, 5.74) is 1.83. The SMILES string of the molecule is CCOC(=O)c1cc(C2CC[C@@H](C)N(C(=O)c3ccccc3-n3nccn3)C2)no1. The summed E-state index contributed by atoms with van der Waals surface area (Å²) in [6, 6.07) is 8.97. The highest BCUT2D eigenvalue weighted by molar-refractivity contribution is 5.98. The van der Waals surface area contributed by atoms with Crippen molar-refractivity contribution in [2.45, 2.75) is 38.6 Å². The number of rotatable bonds is 5. The number of esters is 1. The van der Waals surface area contributed by atoms with E-state index in [1.54, 1.807) is 31.5 Å². The topological polar surface area (TPSA) is 103 Å². The minimum absolute atomic E-state index is 0.0212. The summed E-state index contributed by atoms with van der Waals surface area (Å²) in [6.07, 6.45) is 4.82. The number of hydrogen-bond acceptors (Lipinski definition) is 7. The van der Waals surface area contributed by atoms with E-state index in [0.717, 1.165) is 12.8 Å². The lowest BCUT2D eigenvalue weighted by Crippen LogP contribution is -2.45. The highest BCUT2D eigenvalue weighted by Crippen LogP contribution is 2.31. The van der Waals surface area contributed by atoms with Gasteiger partial charge in [-0.05, 0) is 38.8 Å².